The number of imide groups is 1. The molecule has 2 saturated heterocycles. The molecule has 0 aromatic heterocycles. The second-order valence-corrected chi connectivity index (χ2v) is 22.2. The molecular weight excluding hydrogens is 1030 g/mol. The van der Waals surface area contributed by atoms with Crippen LogP contribution in [-0.2, 0) is 51.1 Å². The molecule has 5 amide bonds. The van der Waals surface area contributed by atoms with Gasteiger partial charge in [0.25, 0.3) is 5.91 Å². The van der Waals surface area contributed by atoms with Crippen molar-refractivity contribution in [1.29, 1.82) is 0 Å². The molecule has 1 unspecified atom stereocenters. The summed E-state index contributed by atoms with van der Waals surface area (Å²) in [4.78, 5) is 74.8. The minimum Gasteiger partial charge on any atom is -0.491 e. The van der Waals surface area contributed by atoms with Crippen molar-refractivity contribution in [2.24, 2.45) is 5.92 Å². The van der Waals surface area contributed by atoms with E-state index in [0.29, 0.717) is 86.5 Å². The zero-order valence-corrected chi connectivity index (χ0v) is 47.1. The number of nitrogens with one attached hydrogen (secondary N) is 2. The number of piperazine rings is 1. The van der Waals surface area contributed by atoms with Gasteiger partial charge in [0.2, 0.25) is 23.6 Å². The van der Waals surface area contributed by atoms with E-state index < -0.39 is 11.9 Å². The SMILES string of the molecule is Cc1cc2c(cc1OC(C)C)[C@H](c1ccc(Cl)cc1)N(c1ccc(N(C)CC3CCC(N4CCN(CCOCCOCCOCCOCCC(=O)Nc5cccc6c5CN(C5CCC(=O)NC5=O)C6=O)CC4)CC3)cc1)C(=O)C2. The molecule has 0 radical (unpaired) electrons. The molecule has 3 fully saturated rings. The molecule has 424 valence electrons. The summed E-state index contributed by atoms with van der Waals surface area (Å²) in [5.74, 6) is 0.197. The van der Waals surface area contributed by atoms with Gasteiger partial charge in [-0.3, -0.25) is 39.1 Å². The van der Waals surface area contributed by atoms with E-state index in [1.807, 2.05) is 49.9 Å². The average Bonchev–Trinajstić information content (AvgIpc) is 3.91. The molecule has 1 aliphatic carbocycles. The number of fused-ring (bicyclic) bond motifs is 2. The molecule has 2 N–H and O–H groups in total. The maximum absolute atomic E-state index is 14.0. The quantitative estimate of drug-likeness (QED) is 0.0492. The molecule has 1 saturated carbocycles. The number of ether oxygens (including phenoxy) is 5. The van der Waals surface area contributed by atoms with Crippen LogP contribution in [0, 0.1) is 12.8 Å². The van der Waals surface area contributed by atoms with Crippen molar-refractivity contribution in [1.82, 2.24) is 20.0 Å². The first kappa shape index (κ1) is 57.8. The van der Waals surface area contributed by atoms with Crippen molar-refractivity contribution in [2.75, 3.05) is 114 Å². The van der Waals surface area contributed by atoms with Gasteiger partial charge in [0.15, 0.2) is 0 Å². The van der Waals surface area contributed by atoms with Crippen molar-refractivity contribution >= 4 is 58.2 Å². The molecule has 2 atom stereocenters. The Hall–Kier alpha value is -5.92. The van der Waals surface area contributed by atoms with Gasteiger partial charge in [-0.1, -0.05) is 35.9 Å². The lowest BCUT2D eigenvalue weighted by molar-refractivity contribution is -0.137. The first-order valence-electron chi connectivity index (χ1n) is 28.3. The van der Waals surface area contributed by atoms with Gasteiger partial charge in [-0.25, -0.2) is 0 Å². The van der Waals surface area contributed by atoms with E-state index in [2.05, 4.69) is 68.8 Å². The number of anilines is 3. The van der Waals surface area contributed by atoms with Crippen molar-refractivity contribution in [3.8, 4) is 5.75 Å². The van der Waals surface area contributed by atoms with E-state index in [4.69, 9.17) is 35.3 Å². The largest absolute Gasteiger partial charge is 0.491 e. The summed E-state index contributed by atoms with van der Waals surface area (Å²) >= 11 is 6.34. The van der Waals surface area contributed by atoms with E-state index in [9.17, 15) is 24.0 Å². The summed E-state index contributed by atoms with van der Waals surface area (Å²) in [6.07, 6.45) is 5.85. The zero-order chi connectivity index (χ0) is 55.4. The minimum atomic E-state index is -0.721. The molecule has 17 nitrogen and oxygen atoms in total. The number of carbonyl (C=O) groups excluding carboxylic acids is 5. The van der Waals surface area contributed by atoms with Gasteiger partial charge in [-0.2, -0.15) is 0 Å². The molecule has 5 aliphatic rings. The number of amides is 5. The molecule has 4 heterocycles. The summed E-state index contributed by atoms with van der Waals surface area (Å²) in [5.41, 5.74) is 7.79. The Kier molecular flexibility index (Phi) is 20.1. The lowest BCUT2D eigenvalue weighted by Gasteiger charge is -2.42. The number of rotatable bonds is 25. The highest BCUT2D eigenvalue weighted by Gasteiger charge is 2.40. The van der Waals surface area contributed by atoms with E-state index in [1.165, 1.54) is 30.6 Å². The van der Waals surface area contributed by atoms with E-state index in [0.717, 1.165) is 78.6 Å². The number of piperidine rings is 1. The second kappa shape index (κ2) is 27.5. The summed E-state index contributed by atoms with van der Waals surface area (Å²) in [6, 6.07) is 25.3. The number of carbonyl (C=O) groups is 5. The molecule has 4 aliphatic heterocycles. The van der Waals surface area contributed by atoms with Crippen LogP contribution in [0.5, 0.6) is 5.75 Å². The molecule has 0 bridgehead atoms. The molecular formula is C61H78ClN7O10. The highest BCUT2D eigenvalue weighted by Crippen LogP contribution is 2.43. The lowest BCUT2D eigenvalue weighted by atomic mass is 9.84. The van der Waals surface area contributed by atoms with Gasteiger partial charge in [0.1, 0.15) is 11.8 Å². The van der Waals surface area contributed by atoms with Crippen LogP contribution >= 0.6 is 11.6 Å². The standard InChI is InChI=1S/C61H78ClN7O10/c1-41(2)79-55-38-51-45(36-42(55)3)37-58(72)69(59(51)44-10-12-46(62)13-11-44)49-18-16-47(17-19-49)65(4)39-43-8-14-48(15-9-43)67-25-23-66(24-26-67)27-29-76-31-33-78-35-34-77-32-30-75-28-22-57(71)63-53-7-5-6-50-52(53)40-68(61(50)74)54-20-21-56(70)64-60(54)73/h5-7,10-13,16-19,36,38,41,43,48,54,59H,8-9,14-15,20-35,37,39-40H2,1-4H3,(H,63,71)(H,64,70,73)/t43?,48?,54?,59-/m0/s1. The van der Waals surface area contributed by atoms with Crippen LogP contribution < -0.4 is 25.2 Å². The van der Waals surface area contributed by atoms with Crippen LogP contribution in [0.3, 0.4) is 0 Å². The average molecular weight is 1100 g/mol. The normalized spacial score (nSPS) is 20.8. The smallest absolute Gasteiger partial charge is 0.255 e. The Balaban J connectivity index is 0.596. The Morgan fingerprint density at radius 1 is 0.797 bits per heavy atom. The molecule has 4 aromatic carbocycles. The molecule has 18 heteroatoms. The van der Waals surface area contributed by atoms with Crippen LogP contribution in [0.4, 0.5) is 17.1 Å². The third-order valence-corrected chi connectivity index (χ3v) is 16.2. The minimum absolute atomic E-state index is 0.0338. The summed E-state index contributed by atoms with van der Waals surface area (Å²) < 4.78 is 29.0. The van der Waals surface area contributed by atoms with Gasteiger partial charge in [0, 0.05) is 98.5 Å². The highest BCUT2D eigenvalue weighted by molar-refractivity contribution is 6.30. The molecule has 79 heavy (non-hydrogen) atoms. The van der Waals surface area contributed by atoms with E-state index >= 15 is 0 Å². The predicted octanol–water partition coefficient (Wildman–Crippen LogP) is 7.58. The fraction of sp³-hybridized carbons (Fsp3) is 0.525. The number of nitrogens with zero attached hydrogens (tertiary/aromatic N) is 5. The van der Waals surface area contributed by atoms with Crippen molar-refractivity contribution < 1.29 is 47.7 Å². The molecule has 9 rings (SSSR count). The van der Waals surface area contributed by atoms with Crippen LogP contribution in [0.25, 0.3) is 0 Å². The van der Waals surface area contributed by atoms with Gasteiger partial charge in [-0.05, 0) is 136 Å². The third kappa shape index (κ3) is 14.9. The van der Waals surface area contributed by atoms with Crippen molar-refractivity contribution in [3.05, 3.63) is 117 Å². The van der Waals surface area contributed by atoms with Gasteiger partial charge >= 0.3 is 0 Å². The van der Waals surface area contributed by atoms with Crippen LogP contribution in [0.2, 0.25) is 5.02 Å². The van der Waals surface area contributed by atoms with Crippen LogP contribution in [-0.4, -0.2) is 162 Å². The predicted molar refractivity (Wildman–Crippen MR) is 304 cm³/mol. The van der Waals surface area contributed by atoms with Crippen LogP contribution in [0.1, 0.15) is 103 Å². The zero-order valence-electron chi connectivity index (χ0n) is 46.4. The fourth-order valence-corrected chi connectivity index (χ4v) is 11.9. The number of hydrogen-bond donors (Lipinski definition) is 2. The van der Waals surface area contributed by atoms with Gasteiger partial charge in [0.05, 0.1) is 77.8 Å². The molecule has 4 aromatic rings. The summed E-state index contributed by atoms with van der Waals surface area (Å²) in [6.45, 7) is 16.0. The highest BCUT2D eigenvalue weighted by atomic mass is 35.5. The summed E-state index contributed by atoms with van der Waals surface area (Å²) in [7, 11) is 2.19. The number of hydrogen-bond acceptors (Lipinski definition) is 13. The Labute approximate surface area is 470 Å². The fourth-order valence-electron chi connectivity index (χ4n) is 11.8. The van der Waals surface area contributed by atoms with E-state index in [1.54, 1.807) is 18.2 Å². The second-order valence-electron chi connectivity index (χ2n) is 21.8. The number of benzene rings is 4. The number of halogens is 1. The Bertz CT molecular complexity index is 2750. The Morgan fingerprint density at radius 2 is 1.47 bits per heavy atom. The summed E-state index contributed by atoms with van der Waals surface area (Å²) in [5, 5.41) is 5.84. The monoisotopic (exact) mass is 1100 g/mol. The van der Waals surface area contributed by atoms with Crippen LogP contribution in [0.15, 0.2) is 78.9 Å². The maximum atomic E-state index is 14.0. The van der Waals surface area contributed by atoms with Gasteiger partial charge < -0.3 is 43.7 Å². The molecule has 0 spiro atoms. The lowest BCUT2D eigenvalue weighted by Crippen LogP contribution is -2.52. The van der Waals surface area contributed by atoms with Gasteiger partial charge in [-0.15, -0.1) is 0 Å². The van der Waals surface area contributed by atoms with Crippen molar-refractivity contribution in [3.63, 3.8) is 0 Å². The number of aryl methyl sites for hydroxylation is 1. The first-order chi connectivity index (χ1) is 38.3. The Morgan fingerprint density at radius 3 is 2.14 bits per heavy atom. The topological polar surface area (TPSA) is 172 Å². The van der Waals surface area contributed by atoms with E-state index in [-0.39, 0.29) is 68.2 Å². The first-order valence-corrected chi connectivity index (χ1v) is 28.7. The third-order valence-electron chi connectivity index (χ3n) is 16.0. The van der Waals surface area contributed by atoms with Crippen molar-refractivity contribution in [2.45, 2.75) is 103 Å². The maximum Gasteiger partial charge on any atom is 0.255 e.